The van der Waals surface area contributed by atoms with Gasteiger partial charge in [0.15, 0.2) is 0 Å². The van der Waals surface area contributed by atoms with E-state index < -0.39 is 0 Å². The van der Waals surface area contributed by atoms with Crippen LogP contribution >= 0.6 is 0 Å². The zero-order chi connectivity index (χ0) is 11.4. The molecule has 0 radical (unpaired) electrons. The second-order valence-corrected chi connectivity index (χ2v) is 5.93. The Bertz CT molecular complexity index is 176. The average Bonchev–Trinajstić information content (AvgIpc) is 2.18. The summed E-state index contributed by atoms with van der Waals surface area (Å²) in [5, 5.41) is 3.89. The molecule has 0 saturated heterocycles. The van der Waals surface area contributed by atoms with E-state index in [9.17, 15) is 0 Å². The molecule has 0 bridgehead atoms. The van der Waals surface area contributed by atoms with E-state index in [0.29, 0.717) is 6.04 Å². The van der Waals surface area contributed by atoms with Gasteiger partial charge in [-0.1, -0.05) is 41.0 Å². The molecular weight excluding hydrogens is 182 g/mol. The topological polar surface area (TPSA) is 12.0 Å². The van der Waals surface area contributed by atoms with Gasteiger partial charge in [0.1, 0.15) is 0 Å². The van der Waals surface area contributed by atoms with Crippen molar-refractivity contribution in [2.24, 2.45) is 17.8 Å². The summed E-state index contributed by atoms with van der Waals surface area (Å²) < 4.78 is 0. The SMILES string of the molecule is CCC(NC1CC(C)CCC1C)C(C)C. The van der Waals surface area contributed by atoms with E-state index in [1.807, 2.05) is 0 Å². The van der Waals surface area contributed by atoms with Crippen LogP contribution in [0.25, 0.3) is 0 Å². The van der Waals surface area contributed by atoms with Gasteiger partial charge in [0.25, 0.3) is 0 Å². The highest BCUT2D eigenvalue weighted by Gasteiger charge is 2.27. The summed E-state index contributed by atoms with van der Waals surface area (Å²) in [5.41, 5.74) is 0. The molecule has 1 saturated carbocycles. The number of hydrogen-bond acceptors (Lipinski definition) is 1. The Kier molecular flexibility index (Phi) is 5.11. The Hall–Kier alpha value is -0.0400. The lowest BCUT2D eigenvalue weighted by Gasteiger charge is -2.37. The maximum absolute atomic E-state index is 3.89. The van der Waals surface area contributed by atoms with Gasteiger partial charge < -0.3 is 5.32 Å². The van der Waals surface area contributed by atoms with Gasteiger partial charge in [-0.15, -0.1) is 0 Å². The van der Waals surface area contributed by atoms with Crippen LogP contribution in [0, 0.1) is 17.8 Å². The molecule has 0 aromatic heterocycles. The molecule has 1 aliphatic rings. The molecule has 15 heavy (non-hydrogen) atoms. The largest absolute Gasteiger partial charge is 0.311 e. The minimum absolute atomic E-state index is 0.711. The molecule has 1 N–H and O–H groups in total. The van der Waals surface area contributed by atoms with Crippen LogP contribution in [0.3, 0.4) is 0 Å². The molecule has 1 nitrogen and oxygen atoms in total. The molecule has 90 valence electrons. The molecule has 1 fully saturated rings. The molecular formula is C14H29N. The van der Waals surface area contributed by atoms with Crippen molar-refractivity contribution in [2.75, 3.05) is 0 Å². The van der Waals surface area contributed by atoms with Crippen molar-refractivity contribution in [1.82, 2.24) is 5.32 Å². The normalized spacial score (nSPS) is 34.4. The lowest BCUT2D eigenvalue weighted by atomic mass is 9.79. The zero-order valence-corrected chi connectivity index (χ0v) is 11.2. The molecule has 0 aliphatic heterocycles. The minimum Gasteiger partial charge on any atom is -0.311 e. The highest BCUT2D eigenvalue weighted by Crippen LogP contribution is 2.29. The van der Waals surface area contributed by atoms with Crippen LogP contribution in [0.1, 0.15) is 60.3 Å². The Balaban J connectivity index is 2.47. The number of rotatable bonds is 4. The standard InChI is InChI=1S/C14H29N/c1-6-13(10(2)3)15-14-9-11(4)7-8-12(14)5/h10-15H,6-9H2,1-5H3. The van der Waals surface area contributed by atoms with Gasteiger partial charge in [0.05, 0.1) is 0 Å². The van der Waals surface area contributed by atoms with Gasteiger partial charge in [-0.25, -0.2) is 0 Å². The Morgan fingerprint density at radius 2 is 1.87 bits per heavy atom. The van der Waals surface area contributed by atoms with Crippen molar-refractivity contribution < 1.29 is 0 Å². The van der Waals surface area contributed by atoms with E-state index in [0.717, 1.165) is 23.8 Å². The summed E-state index contributed by atoms with van der Waals surface area (Å²) >= 11 is 0. The number of hydrogen-bond donors (Lipinski definition) is 1. The molecule has 1 heteroatoms. The van der Waals surface area contributed by atoms with Crippen LogP contribution in [-0.4, -0.2) is 12.1 Å². The van der Waals surface area contributed by atoms with E-state index in [2.05, 4.69) is 39.9 Å². The lowest BCUT2D eigenvalue weighted by Crippen LogP contribution is -2.46. The molecule has 4 unspecified atom stereocenters. The summed E-state index contributed by atoms with van der Waals surface area (Å²) in [6, 6.07) is 1.48. The zero-order valence-electron chi connectivity index (χ0n) is 11.2. The van der Waals surface area contributed by atoms with Gasteiger partial charge >= 0.3 is 0 Å². The van der Waals surface area contributed by atoms with E-state index in [4.69, 9.17) is 0 Å². The van der Waals surface area contributed by atoms with Crippen LogP contribution in [0.15, 0.2) is 0 Å². The molecule has 0 aromatic carbocycles. The predicted octanol–water partition coefficient (Wildman–Crippen LogP) is 3.84. The summed E-state index contributed by atoms with van der Waals surface area (Å²) in [4.78, 5) is 0. The van der Waals surface area contributed by atoms with Crippen LogP contribution in [0.4, 0.5) is 0 Å². The van der Waals surface area contributed by atoms with Crippen LogP contribution in [0.5, 0.6) is 0 Å². The van der Waals surface area contributed by atoms with Gasteiger partial charge in [-0.3, -0.25) is 0 Å². The van der Waals surface area contributed by atoms with Crippen LogP contribution in [-0.2, 0) is 0 Å². The van der Waals surface area contributed by atoms with Crippen LogP contribution in [0.2, 0.25) is 0 Å². The Morgan fingerprint density at radius 3 is 2.40 bits per heavy atom. The smallest absolute Gasteiger partial charge is 0.00979 e. The van der Waals surface area contributed by atoms with Gasteiger partial charge in [0, 0.05) is 12.1 Å². The van der Waals surface area contributed by atoms with Gasteiger partial charge in [0.2, 0.25) is 0 Å². The van der Waals surface area contributed by atoms with Crippen molar-refractivity contribution in [2.45, 2.75) is 72.4 Å². The van der Waals surface area contributed by atoms with E-state index in [-0.39, 0.29) is 0 Å². The molecule has 1 aliphatic carbocycles. The molecule has 0 spiro atoms. The minimum atomic E-state index is 0.711. The summed E-state index contributed by atoms with van der Waals surface area (Å²) in [5.74, 6) is 2.55. The monoisotopic (exact) mass is 211 g/mol. The first-order chi connectivity index (χ1) is 7.04. The third-order valence-corrected chi connectivity index (χ3v) is 4.13. The second-order valence-electron chi connectivity index (χ2n) is 5.93. The molecule has 0 aromatic rings. The molecule has 0 heterocycles. The lowest BCUT2D eigenvalue weighted by molar-refractivity contribution is 0.197. The first kappa shape index (κ1) is 13.0. The van der Waals surface area contributed by atoms with Crippen LogP contribution < -0.4 is 5.32 Å². The Morgan fingerprint density at radius 1 is 1.20 bits per heavy atom. The van der Waals surface area contributed by atoms with E-state index in [1.54, 1.807) is 0 Å². The van der Waals surface area contributed by atoms with Crippen molar-refractivity contribution in [1.29, 1.82) is 0 Å². The maximum Gasteiger partial charge on any atom is 0.00979 e. The first-order valence-electron chi connectivity index (χ1n) is 6.80. The number of nitrogens with one attached hydrogen (secondary N) is 1. The van der Waals surface area contributed by atoms with Gasteiger partial charge in [-0.05, 0) is 37.0 Å². The fraction of sp³-hybridized carbons (Fsp3) is 1.00. The molecule has 1 rings (SSSR count). The highest BCUT2D eigenvalue weighted by atomic mass is 15.0. The maximum atomic E-state index is 3.89. The van der Waals surface area contributed by atoms with Gasteiger partial charge in [-0.2, -0.15) is 0 Å². The second kappa shape index (κ2) is 5.89. The summed E-state index contributed by atoms with van der Waals surface area (Å²) in [6.07, 6.45) is 5.48. The fourth-order valence-corrected chi connectivity index (χ4v) is 2.82. The third-order valence-electron chi connectivity index (χ3n) is 4.13. The highest BCUT2D eigenvalue weighted by molar-refractivity contribution is 4.84. The van der Waals surface area contributed by atoms with Crippen molar-refractivity contribution in [3.8, 4) is 0 Å². The molecule has 0 amide bonds. The predicted molar refractivity (Wildman–Crippen MR) is 68.0 cm³/mol. The summed E-state index contributed by atoms with van der Waals surface area (Å²) in [7, 11) is 0. The summed E-state index contributed by atoms with van der Waals surface area (Å²) in [6.45, 7) is 11.8. The quantitative estimate of drug-likeness (QED) is 0.745. The van der Waals surface area contributed by atoms with Crippen molar-refractivity contribution in [3.63, 3.8) is 0 Å². The third kappa shape index (κ3) is 3.79. The first-order valence-corrected chi connectivity index (χ1v) is 6.80. The Labute approximate surface area is 96.0 Å². The van der Waals surface area contributed by atoms with E-state index in [1.165, 1.54) is 25.7 Å². The molecule has 4 atom stereocenters. The fourth-order valence-electron chi connectivity index (χ4n) is 2.82. The van der Waals surface area contributed by atoms with Crippen molar-refractivity contribution >= 4 is 0 Å². The van der Waals surface area contributed by atoms with E-state index >= 15 is 0 Å². The average molecular weight is 211 g/mol. The van der Waals surface area contributed by atoms with Crippen molar-refractivity contribution in [3.05, 3.63) is 0 Å².